The van der Waals surface area contributed by atoms with Gasteiger partial charge in [-0.05, 0) is 43.0 Å². The first-order chi connectivity index (χ1) is 8.17. The molecule has 0 amide bonds. The third-order valence-corrected chi connectivity index (χ3v) is 3.52. The maximum absolute atomic E-state index is 8.91. The molecule has 1 aromatic carbocycles. The van der Waals surface area contributed by atoms with E-state index in [0.717, 1.165) is 36.5 Å². The van der Waals surface area contributed by atoms with Gasteiger partial charge in [0.25, 0.3) is 0 Å². The lowest BCUT2D eigenvalue weighted by Gasteiger charge is -2.14. The van der Waals surface area contributed by atoms with E-state index in [2.05, 4.69) is 18.3 Å². The molecule has 2 N–H and O–H groups in total. The van der Waals surface area contributed by atoms with Crippen molar-refractivity contribution in [2.75, 3.05) is 13.2 Å². The van der Waals surface area contributed by atoms with Crippen LogP contribution in [0.2, 0.25) is 5.02 Å². The van der Waals surface area contributed by atoms with E-state index in [-0.39, 0.29) is 6.61 Å². The Bertz CT molecular complexity index is 341. The van der Waals surface area contributed by atoms with E-state index in [9.17, 15) is 0 Å². The van der Waals surface area contributed by atoms with Crippen molar-refractivity contribution >= 4 is 11.6 Å². The third kappa shape index (κ3) is 5.07. The zero-order valence-electron chi connectivity index (χ0n) is 10.7. The molecule has 0 saturated carbocycles. The van der Waals surface area contributed by atoms with Gasteiger partial charge < -0.3 is 10.4 Å². The Morgan fingerprint density at radius 1 is 1.41 bits per heavy atom. The maximum Gasteiger partial charge on any atom is 0.0438 e. The van der Waals surface area contributed by atoms with Crippen molar-refractivity contribution in [2.24, 2.45) is 5.92 Å². The molecule has 1 atom stereocenters. The standard InChI is InChI=1S/C14H22ClNO/c1-3-12(6-7-17)9-16-10-13-5-4-11(2)14(15)8-13/h4-5,8,12,16-17H,3,6-7,9-10H2,1-2H3. The van der Waals surface area contributed by atoms with Gasteiger partial charge in [-0.1, -0.05) is 37.1 Å². The van der Waals surface area contributed by atoms with Crippen molar-refractivity contribution in [3.8, 4) is 0 Å². The van der Waals surface area contributed by atoms with Gasteiger partial charge in [0.15, 0.2) is 0 Å². The minimum atomic E-state index is 0.274. The molecule has 0 fully saturated rings. The van der Waals surface area contributed by atoms with Crippen molar-refractivity contribution in [1.82, 2.24) is 5.32 Å². The quantitative estimate of drug-likeness (QED) is 0.785. The van der Waals surface area contributed by atoms with Gasteiger partial charge in [-0.25, -0.2) is 0 Å². The fourth-order valence-corrected chi connectivity index (χ4v) is 2.00. The second-order valence-corrected chi connectivity index (χ2v) is 4.91. The van der Waals surface area contributed by atoms with Crippen LogP contribution in [0.15, 0.2) is 18.2 Å². The monoisotopic (exact) mass is 255 g/mol. The predicted octanol–water partition coefficient (Wildman–Crippen LogP) is 3.15. The summed E-state index contributed by atoms with van der Waals surface area (Å²) in [4.78, 5) is 0. The van der Waals surface area contributed by atoms with Crippen LogP contribution in [0.3, 0.4) is 0 Å². The molecule has 0 spiro atoms. The topological polar surface area (TPSA) is 32.3 Å². The molecule has 1 aromatic rings. The van der Waals surface area contributed by atoms with Gasteiger partial charge in [0, 0.05) is 18.2 Å². The van der Waals surface area contributed by atoms with Crippen molar-refractivity contribution in [1.29, 1.82) is 0 Å². The molecule has 0 aliphatic heterocycles. The van der Waals surface area contributed by atoms with E-state index in [1.165, 1.54) is 5.56 Å². The molecular weight excluding hydrogens is 234 g/mol. The first-order valence-corrected chi connectivity index (χ1v) is 6.61. The van der Waals surface area contributed by atoms with Crippen LogP contribution in [0.5, 0.6) is 0 Å². The second-order valence-electron chi connectivity index (χ2n) is 4.50. The Balaban J connectivity index is 2.37. The first kappa shape index (κ1) is 14.5. The second kappa shape index (κ2) is 7.70. The lowest BCUT2D eigenvalue weighted by atomic mass is 10.0. The molecule has 0 aliphatic carbocycles. The van der Waals surface area contributed by atoms with E-state index in [4.69, 9.17) is 16.7 Å². The lowest BCUT2D eigenvalue weighted by molar-refractivity contribution is 0.251. The summed E-state index contributed by atoms with van der Waals surface area (Å²) in [5.41, 5.74) is 2.32. The zero-order valence-corrected chi connectivity index (χ0v) is 11.4. The molecular formula is C14H22ClNO. The van der Waals surface area contributed by atoms with Crippen molar-refractivity contribution in [2.45, 2.75) is 33.2 Å². The fraction of sp³-hybridized carbons (Fsp3) is 0.571. The highest BCUT2D eigenvalue weighted by atomic mass is 35.5. The average Bonchev–Trinajstić information content (AvgIpc) is 2.32. The normalized spacial score (nSPS) is 12.7. The van der Waals surface area contributed by atoms with Crippen LogP contribution < -0.4 is 5.32 Å². The number of benzene rings is 1. The van der Waals surface area contributed by atoms with E-state index in [1.54, 1.807) is 0 Å². The van der Waals surface area contributed by atoms with Crippen molar-refractivity contribution in [3.05, 3.63) is 34.3 Å². The number of hydrogen-bond acceptors (Lipinski definition) is 2. The number of aliphatic hydroxyl groups excluding tert-OH is 1. The van der Waals surface area contributed by atoms with Gasteiger partial charge in [-0.15, -0.1) is 0 Å². The Morgan fingerprint density at radius 2 is 2.18 bits per heavy atom. The molecule has 96 valence electrons. The summed E-state index contributed by atoms with van der Waals surface area (Å²) in [7, 11) is 0. The highest BCUT2D eigenvalue weighted by Crippen LogP contribution is 2.16. The van der Waals surface area contributed by atoms with Gasteiger partial charge in [-0.3, -0.25) is 0 Å². The minimum Gasteiger partial charge on any atom is -0.396 e. The average molecular weight is 256 g/mol. The van der Waals surface area contributed by atoms with Crippen LogP contribution in [0.1, 0.15) is 30.9 Å². The molecule has 0 aliphatic rings. The van der Waals surface area contributed by atoms with Gasteiger partial charge >= 0.3 is 0 Å². The van der Waals surface area contributed by atoms with Crippen LogP contribution in [-0.4, -0.2) is 18.3 Å². The number of hydrogen-bond donors (Lipinski definition) is 2. The molecule has 17 heavy (non-hydrogen) atoms. The summed E-state index contributed by atoms with van der Waals surface area (Å²) in [5, 5.41) is 13.1. The van der Waals surface area contributed by atoms with Gasteiger partial charge in [0.05, 0.1) is 0 Å². The largest absolute Gasteiger partial charge is 0.396 e. The van der Waals surface area contributed by atoms with Crippen LogP contribution >= 0.6 is 11.6 Å². The Morgan fingerprint density at radius 3 is 2.76 bits per heavy atom. The highest BCUT2D eigenvalue weighted by Gasteiger charge is 2.05. The molecule has 0 radical (unpaired) electrons. The summed E-state index contributed by atoms with van der Waals surface area (Å²) in [5.74, 6) is 0.556. The van der Waals surface area contributed by atoms with Crippen LogP contribution in [-0.2, 0) is 6.54 Å². The SMILES string of the molecule is CCC(CCO)CNCc1ccc(C)c(Cl)c1. The summed E-state index contributed by atoms with van der Waals surface area (Å²) >= 11 is 6.07. The first-order valence-electron chi connectivity index (χ1n) is 6.24. The van der Waals surface area contributed by atoms with Crippen LogP contribution in [0, 0.1) is 12.8 Å². The van der Waals surface area contributed by atoms with Crippen molar-refractivity contribution < 1.29 is 5.11 Å². The summed E-state index contributed by atoms with van der Waals surface area (Å²) < 4.78 is 0. The predicted molar refractivity (Wildman–Crippen MR) is 73.4 cm³/mol. The molecule has 0 bridgehead atoms. The number of aliphatic hydroxyl groups is 1. The summed E-state index contributed by atoms with van der Waals surface area (Å²) in [6, 6.07) is 6.16. The fourth-order valence-electron chi connectivity index (χ4n) is 1.80. The van der Waals surface area contributed by atoms with E-state index < -0.39 is 0 Å². The summed E-state index contributed by atoms with van der Waals surface area (Å²) in [6.07, 6.45) is 1.97. The molecule has 3 heteroatoms. The smallest absolute Gasteiger partial charge is 0.0438 e. The lowest BCUT2D eigenvalue weighted by Crippen LogP contribution is -2.22. The molecule has 2 nitrogen and oxygen atoms in total. The number of aryl methyl sites for hydroxylation is 1. The molecule has 0 aromatic heterocycles. The molecule has 1 rings (SSSR count). The summed E-state index contributed by atoms with van der Waals surface area (Å²) in [6.45, 7) is 6.22. The maximum atomic E-state index is 8.91. The number of rotatable bonds is 7. The molecule has 0 saturated heterocycles. The Labute approximate surface area is 109 Å². The number of nitrogens with one attached hydrogen (secondary N) is 1. The van der Waals surface area contributed by atoms with Gasteiger partial charge in [0.1, 0.15) is 0 Å². The molecule has 0 heterocycles. The van der Waals surface area contributed by atoms with Crippen LogP contribution in [0.25, 0.3) is 0 Å². The third-order valence-electron chi connectivity index (χ3n) is 3.11. The van der Waals surface area contributed by atoms with Gasteiger partial charge in [0.2, 0.25) is 0 Å². The van der Waals surface area contributed by atoms with E-state index >= 15 is 0 Å². The zero-order chi connectivity index (χ0) is 12.7. The minimum absolute atomic E-state index is 0.274. The molecule has 1 unspecified atom stereocenters. The van der Waals surface area contributed by atoms with E-state index in [1.807, 2.05) is 19.1 Å². The Hall–Kier alpha value is -0.570. The van der Waals surface area contributed by atoms with Crippen molar-refractivity contribution in [3.63, 3.8) is 0 Å². The highest BCUT2D eigenvalue weighted by molar-refractivity contribution is 6.31. The van der Waals surface area contributed by atoms with Gasteiger partial charge in [-0.2, -0.15) is 0 Å². The van der Waals surface area contributed by atoms with E-state index in [0.29, 0.717) is 5.92 Å². The number of halogens is 1. The Kier molecular flexibility index (Phi) is 6.56. The van der Waals surface area contributed by atoms with Crippen LogP contribution in [0.4, 0.5) is 0 Å².